The molecule has 0 amide bonds. The molecule has 6 aromatic heterocycles. The Morgan fingerprint density at radius 1 is 0.280 bits per heavy atom. The van der Waals surface area contributed by atoms with E-state index in [-0.39, 0.29) is 91.5 Å². The molecule has 0 radical (unpaired) electrons. The number of aromatic hydroxyl groups is 2. The number of furan rings is 2. The van der Waals surface area contributed by atoms with Crippen LogP contribution in [0.25, 0.3) is 189 Å². The predicted molar refractivity (Wildman–Crippen MR) is 543 cm³/mol. The first-order chi connectivity index (χ1) is 61.7. The van der Waals surface area contributed by atoms with Gasteiger partial charge in [-0.3, -0.25) is 19.1 Å². The number of phenolic OH excluding ortho intramolecular Hbond substituents is 2. The van der Waals surface area contributed by atoms with Crippen molar-refractivity contribution in [3.63, 3.8) is 0 Å². The van der Waals surface area contributed by atoms with Crippen molar-refractivity contribution in [1.29, 1.82) is 0 Å². The fourth-order valence-electron chi connectivity index (χ4n) is 18.4. The standard InChI is InChI=1S/C62H60N3O2.C58H52N3O2.2Pt/c1-59(2,3)41-26-27-51(46(32-41)37-19-14-13-15-20-37)65-52-24-18-23-45(56(52)64-58(65)47-33-43(61(7,8)9)34-49(57(47)66)62(10,11)12)39-29-40(31-42(30-39)60(4,5)6)50-35-54-48(36-63-50)55-44-22-17-16-21-38(44)25-28-53(55)67-54;1-56(2,3)39-26-27-48(43(30-39)35-17-11-10-12-18-35)61-49-24-16-23-42(53(49)60-55(61)44-31-40(57(4,5)6)32-46(54(44)62)58(7,8)9)37-20-15-21-38(29-37)47-33-51-45(34-59-47)52-41-22-14-13-19-36(41)25-28-50(52)63-51;;/h13-28,30-36,66H,1-12H3;10-28,30-34,62H,1-9H3;;/q2*-1;;. The quantitative estimate of drug-likeness (QED) is 0.130. The zero-order chi connectivity index (χ0) is 91.4. The third-order valence-corrected chi connectivity index (χ3v) is 26.0. The Labute approximate surface area is 803 Å². The maximum absolute atomic E-state index is 12.6. The van der Waals surface area contributed by atoms with Crippen molar-refractivity contribution in [2.24, 2.45) is 0 Å². The third-order valence-electron chi connectivity index (χ3n) is 26.0. The number of para-hydroxylation sites is 2. The van der Waals surface area contributed by atoms with Gasteiger partial charge in [-0.1, -0.05) is 338 Å². The smallest absolute Gasteiger partial charge is 0.148 e. The molecule has 132 heavy (non-hydrogen) atoms. The fraction of sp³-hybridized carbons (Fsp3) is 0.233. The number of aromatic nitrogens is 6. The Bertz CT molecular complexity index is 7910. The molecule has 0 atom stereocenters. The van der Waals surface area contributed by atoms with E-state index in [1.165, 1.54) is 21.9 Å². The summed E-state index contributed by atoms with van der Waals surface area (Å²) >= 11 is 0. The van der Waals surface area contributed by atoms with Gasteiger partial charge in [-0.2, -0.15) is 0 Å². The van der Waals surface area contributed by atoms with Crippen molar-refractivity contribution in [2.45, 2.75) is 183 Å². The largest absolute Gasteiger partial charge is 0.507 e. The topological polar surface area (TPSA) is 128 Å². The van der Waals surface area contributed by atoms with Crippen molar-refractivity contribution in [3.8, 4) is 113 Å². The van der Waals surface area contributed by atoms with Gasteiger partial charge in [0.25, 0.3) is 0 Å². The number of nitrogens with zero attached hydrogens (tertiary/aromatic N) is 6. The molecule has 0 unspecified atom stereocenters. The molecule has 6 heterocycles. The molecule has 0 bridgehead atoms. The zero-order valence-corrected chi connectivity index (χ0v) is 83.7. The first-order valence-electron chi connectivity index (χ1n) is 45.4. The van der Waals surface area contributed by atoms with Crippen LogP contribution in [-0.4, -0.2) is 39.3 Å². The molecule has 0 saturated carbocycles. The molecule has 0 aliphatic heterocycles. The van der Waals surface area contributed by atoms with Crippen LogP contribution in [0.2, 0.25) is 0 Å². The Morgan fingerprint density at radius 3 is 1.07 bits per heavy atom. The average molecular weight is 2090 g/mol. The third kappa shape index (κ3) is 16.8. The van der Waals surface area contributed by atoms with Crippen molar-refractivity contribution < 1.29 is 61.2 Å². The van der Waals surface area contributed by atoms with E-state index in [0.717, 1.165) is 183 Å². The zero-order valence-electron chi connectivity index (χ0n) is 79.2. The minimum absolute atomic E-state index is 0. The van der Waals surface area contributed by atoms with Gasteiger partial charge in [-0.25, -0.2) is 9.97 Å². The van der Waals surface area contributed by atoms with Crippen LogP contribution in [0.3, 0.4) is 0 Å². The number of pyridine rings is 2. The van der Waals surface area contributed by atoms with Crippen molar-refractivity contribution >= 4 is 87.5 Å². The van der Waals surface area contributed by atoms with Gasteiger partial charge in [-0.15, -0.1) is 59.2 Å². The summed E-state index contributed by atoms with van der Waals surface area (Å²) in [7, 11) is 0. The van der Waals surface area contributed by atoms with Crippen LogP contribution in [-0.2, 0) is 80.0 Å². The van der Waals surface area contributed by atoms with Gasteiger partial charge in [0.2, 0.25) is 0 Å². The van der Waals surface area contributed by atoms with E-state index < -0.39 is 0 Å². The molecule has 10 nitrogen and oxygen atoms in total. The Hall–Kier alpha value is -12.6. The van der Waals surface area contributed by atoms with E-state index in [0.29, 0.717) is 22.8 Å². The van der Waals surface area contributed by atoms with Crippen molar-refractivity contribution in [1.82, 2.24) is 29.1 Å². The number of hydrogen-bond donors (Lipinski definition) is 2. The second-order valence-corrected chi connectivity index (χ2v) is 42.5. The van der Waals surface area contributed by atoms with Crippen molar-refractivity contribution in [3.05, 3.63) is 336 Å². The van der Waals surface area contributed by atoms with Gasteiger partial charge < -0.3 is 19.0 Å². The van der Waals surface area contributed by atoms with Crippen LogP contribution < -0.4 is 0 Å². The number of phenols is 2. The number of imidazole rings is 2. The Morgan fingerprint density at radius 2 is 0.644 bits per heavy atom. The second-order valence-electron chi connectivity index (χ2n) is 42.5. The van der Waals surface area contributed by atoms with Gasteiger partial charge in [-0.05, 0) is 166 Å². The number of rotatable bonds is 10. The van der Waals surface area contributed by atoms with Gasteiger partial charge in [0, 0.05) is 110 Å². The molecule has 0 saturated heterocycles. The molecule has 20 aromatic rings. The van der Waals surface area contributed by atoms with Crippen LogP contribution in [0.1, 0.15) is 184 Å². The summed E-state index contributed by atoms with van der Waals surface area (Å²) in [5.41, 5.74) is 27.7. The van der Waals surface area contributed by atoms with E-state index in [9.17, 15) is 10.2 Å². The summed E-state index contributed by atoms with van der Waals surface area (Å²) in [5.74, 6) is 1.84. The van der Waals surface area contributed by atoms with Gasteiger partial charge in [0.05, 0.1) is 44.6 Å². The molecule has 0 spiro atoms. The maximum Gasteiger partial charge on any atom is 0.148 e. The van der Waals surface area contributed by atoms with Crippen LogP contribution in [0, 0.1) is 12.1 Å². The Balaban J connectivity index is 0.000000182. The minimum Gasteiger partial charge on any atom is -0.507 e. The molecule has 0 aliphatic rings. The summed E-state index contributed by atoms with van der Waals surface area (Å²) in [6.07, 6.45) is 3.88. The van der Waals surface area contributed by atoms with Crippen LogP contribution in [0.15, 0.2) is 294 Å². The number of hydrogen-bond acceptors (Lipinski definition) is 8. The first kappa shape index (κ1) is 91.3. The van der Waals surface area contributed by atoms with Gasteiger partial charge >= 0.3 is 0 Å². The average Bonchev–Trinajstić information content (AvgIpc) is 1.54. The molecule has 20 rings (SSSR count). The van der Waals surface area contributed by atoms with Crippen LogP contribution >= 0.6 is 0 Å². The molecular weight excluding hydrogens is 1980 g/mol. The van der Waals surface area contributed by atoms with Crippen LogP contribution in [0.4, 0.5) is 0 Å². The van der Waals surface area contributed by atoms with E-state index in [1.54, 1.807) is 0 Å². The maximum atomic E-state index is 12.6. The van der Waals surface area contributed by atoms with Crippen LogP contribution in [0.5, 0.6) is 11.5 Å². The number of fused-ring (bicyclic) bond motifs is 12. The van der Waals surface area contributed by atoms with E-state index in [1.807, 2.05) is 30.6 Å². The molecule has 0 aliphatic carbocycles. The second kappa shape index (κ2) is 33.9. The Kier molecular flexibility index (Phi) is 23.5. The molecule has 0 fully saturated rings. The summed E-state index contributed by atoms with van der Waals surface area (Å²) in [6, 6.07) is 104. The fourth-order valence-corrected chi connectivity index (χ4v) is 18.4. The van der Waals surface area contributed by atoms with Crippen molar-refractivity contribution in [2.75, 3.05) is 0 Å². The van der Waals surface area contributed by atoms with E-state index >= 15 is 0 Å². The SMILES string of the molecule is CC(C)(C)c1cc(-c2cc3oc4ccc5ccccc5c4c3cn2)[c-]c(-c2cccc3c2nc(-c2cc(C(C)(C)C)cc(C(C)(C)C)c2O)n3-c2ccc(C(C)(C)C)cc2-c2ccccc2)c1.CC(C)(C)c1ccc(-n2c(-c3cc(C(C)(C)C)cc(C(C)(C)C)c3O)nc3c(-c4[c-]c(-c5cc6oc7ccc8ccccc8c7c6cn5)ccc4)cccc32)c(-c2ccccc2)c1.[Pt].[Pt]. The summed E-state index contributed by atoms with van der Waals surface area (Å²) in [4.78, 5) is 21.4. The van der Waals surface area contributed by atoms with E-state index in [2.05, 4.69) is 421 Å². The normalized spacial score (nSPS) is 12.5. The molecule has 668 valence electrons. The first-order valence-corrected chi connectivity index (χ1v) is 45.4. The minimum atomic E-state index is -0.336. The monoisotopic (exact) mass is 2090 g/mol. The number of benzene rings is 14. The van der Waals surface area contributed by atoms with Gasteiger partial charge in [0.15, 0.2) is 0 Å². The predicted octanol–water partition coefficient (Wildman–Crippen LogP) is 32.4. The molecular formula is C120H112N6O4Pt2-2. The molecule has 14 aromatic carbocycles. The molecule has 12 heteroatoms. The van der Waals surface area contributed by atoms with Gasteiger partial charge in [0.1, 0.15) is 45.5 Å². The molecule has 2 N–H and O–H groups in total. The summed E-state index contributed by atoms with van der Waals surface area (Å²) in [5, 5.41) is 33.8. The summed E-state index contributed by atoms with van der Waals surface area (Å²) < 4.78 is 17.5. The van der Waals surface area contributed by atoms with E-state index in [4.69, 9.17) is 28.8 Å². The summed E-state index contributed by atoms with van der Waals surface area (Å²) in [6.45, 7) is 46.6.